The second-order valence-electron chi connectivity index (χ2n) is 5.44. The lowest BCUT2D eigenvalue weighted by molar-refractivity contribution is -0.157. The summed E-state index contributed by atoms with van der Waals surface area (Å²) in [4.78, 5) is 46.6. The number of carbonyl (C=O) groups excluding carboxylic acids is 4. The zero-order valence-electron chi connectivity index (χ0n) is 15.1. The van der Waals surface area contributed by atoms with Gasteiger partial charge in [0.1, 0.15) is 11.8 Å². The summed E-state index contributed by atoms with van der Waals surface area (Å²) in [7, 11) is 0. The van der Waals surface area contributed by atoms with Crippen LogP contribution < -0.4 is 21.1 Å². The number of urea groups is 1. The number of nitrogens with two attached hydrogens (primary N) is 1. The SMILES string of the molecule is CSCC[C@H](NC(=O)COc1ccccc1)C(=O)O[C@@H](C)C(=O)NC(N)=O. The number of thioether (sulfide) groups is 1. The molecule has 0 aliphatic carbocycles. The van der Waals surface area contributed by atoms with E-state index in [1.54, 1.807) is 24.3 Å². The van der Waals surface area contributed by atoms with Gasteiger partial charge in [0, 0.05) is 0 Å². The standard InChI is InChI=1S/C17H23N3O6S/c1-11(15(22)20-17(18)24)26-16(23)13(8-9-27-2)19-14(21)10-25-12-6-4-3-5-7-12/h3-7,11,13H,8-10H2,1-2H3,(H,19,21)(H3,18,20,22,24)/t11-,13-/m0/s1. The number of primary amides is 1. The van der Waals surface area contributed by atoms with Gasteiger partial charge in [0.2, 0.25) is 0 Å². The Kier molecular flexibility index (Phi) is 9.73. The number of para-hydroxylation sites is 1. The molecule has 0 fully saturated rings. The monoisotopic (exact) mass is 397 g/mol. The van der Waals surface area contributed by atoms with Crippen LogP contribution in [0.1, 0.15) is 13.3 Å². The summed E-state index contributed by atoms with van der Waals surface area (Å²) >= 11 is 1.49. The van der Waals surface area contributed by atoms with Crippen LogP contribution in [0.4, 0.5) is 4.79 Å². The number of rotatable bonds is 10. The van der Waals surface area contributed by atoms with E-state index in [4.69, 9.17) is 15.2 Å². The Morgan fingerprint density at radius 3 is 2.44 bits per heavy atom. The Labute approximate surface area is 161 Å². The molecule has 27 heavy (non-hydrogen) atoms. The fourth-order valence-corrected chi connectivity index (χ4v) is 2.39. The molecule has 9 nitrogen and oxygen atoms in total. The quantitative estimate of drug-likeness (QED) is 0.487. The molecule has 1 aromatic carbocycles. The molecule has 0 aliphatic rings. The van der Waals surface area contributed by atoms with E-state index in [1.807, 2.05) is 17.6 Å². The van der Waals surface area contributed by atoms with Crippen molar-refractivity contribution in [1.29, 1.82) is 0 Å². The summed E-state index contributed by atoms with van der Waals surface area (Å²) in [5, 5.41) is 4.35. The highest BCUT2D eigenvalue weighted by atomic mass is 32.2. The first-order valence-electron chi connectivity index (χ1n) is 8.10. The summed E-state index contributed by atoms with van der Waals surface area (Å²) in [5.74, 6) is -1.03. The molecule has 0 bridgehead atoms. The molecule has 0 radical (unpaired) electrons. The van der Waals surface area contributed by atoms with Gasteiger partial charge >= 0.3 is 12.0 Å². The molecule has 1 aromatic rings. The molecule has 4 N–H and O–H groups in total. The van der Waals surface area contributed by atoms with E-state index in [0.29, 0.717) is 17.9 Å². The lowest BCUT2D eigenvalue weighted by Crippen LogP contribution is -2.47. The Bertz CT molecular complexity index is 655. The van der Waals surface area contributed by atoms with Crippen LogP contribution in [-0.2, 0) is 19.1 Å². The van der Waals surface area contributed by atoms with Crippen molar-refractivity contribution in [1.82, 2.24) is 10.6 Å². The molecule has 0 unspecified atom stereocenters. The summed E-state index contributed by atoms with van der Waals surface area (Å²) < 4.78 is 10.3. The van der Waals surface area contributed by atoms with E-state index < -0.39 is 36.0 Å². The maximum absolute atomic E-state index is 12.3. The average Bonchev–Trinajstić information content (AvgIpc) is 2.63. The van der Waals surface area contributed by atoms with Crippen LogP contribution in [0.3, 0.4) is 0 Å². The van der Waals surface area contributed by atoms with Gasteiger partial charge in [-0.15, -0.1) is 0 Å². The maximum atomic E-state index is 12.3. The van der Waals surface area contributed by atoms with E-state index in [2.05, 4.69) is 5.32 Å². The number of imide groups is 1. The topological polar surface area (TPSA) is 137 Å². The maximum Gasteiger partial charge on any atom is 0.329 e. The van der Waals surface area contributed by atoms with Gasteiger partial charge in [-0.2, -0.15) is 11.8 Å². The van der Waals surface area contributed by atoms with Gasteiger partial charge in [-0.25, -0.2) is 9.59 Å². The number of amides is 4. The Morgan fingerprint density at radius 1 is 1.19 bits per heavy atom. The van der Waals surface area contributed by atoms with Crippen molar-refractivity contribution in [2.24, 2.45) is 5.73 Å². The smallest absolute Gasteiger partial charge is 0.329 e. The molecule has 2 atom stereocenters. The Hall–Kier alpha value is -2.75. The molecule has 0 saturated carbocycles. The number of ether oxygens (including phenoxy) is 2. The van der Waals surface area contributed by atoms with Crippen LogP contribution in [0.15, 0.2) is 30.3 Å². The van der Waals surface area contributed by atoms with Crippen molar-refractivity contribution in [3.63, 3.8) is 0 Å². The minimum Gasteiger partial charge on any atom is -0.484 e. The van der Waals surface area contributed by atoms with Crippen molar-refractivity contribution < 1.29 is 28.7 Å². The second kappa shape index (κ2) is 11.8. The third-order valence-corrected chi connectivity index (χ3v) is 3.90. The molecular formula is C17H23N3O6S. The first kappa shape index (κ1) is 22.3. The van der Waals surface area contributed by atoms with E-state index >= 15 is 0 Å². The number of esters is 1. The summed E-state index contributed by atoms with van der Waals surface area (Å²) in [6.07, 6.45) is 0.923. The largest absolute Gasteiger partial charge is 0.484 e. The van der Waals surface area contributed by atoms with Gasteiger partial charge in [-0.1, -0.05) is 18.2 Å². The number of hydrogen-bond acceptors (Lipinski definition) is 7. The average molecular weight is 397 g/mol. The molecular weight excluding hydrogens is 374 g/mol. The molecule has 0 spiro atoms. The van der Waals surface area contributed by atoms with Crippen molar-refractivity contribution in [3.05, 3.63) is 30.3 Å². The molecule has 148 valence electrons. The first-order chi connectivity index (χ1) is 12.8. The highest BCUT2D eigenvalue weighted by molar-refractivity contribution is 7.98. The lowest BCUT2D eigenvalue weighted by Gasteiger charge is -2.20. The van der Waals surface area contributed by atoms with Crippen molar-refractivity contribution in [2.75, 3.05) is 18.6 Å². The third-order valence-electron chi connectivity index (χ3n) is 3.25. The fourth-order valence-electron chi connectivity index (χ4n) is 1.92. The summed E-state index contributed by atoms with van der Waals surface area (Å²) in [6, 6.07) is 6.75. The Morgan fingerprint density at radius 2 is 1.85 bits per heavy atom. The minimum atomic E-state index is -1.24. The predicted octanol–water partition coefficient (Wildman–Crippen LogP) is 0.430. The highest BCUT2D eigenvalue weighted by Crippen LogP contribution is 2.08. The van der Waals surface area contributed by atoms with Crippen LogP contribution in [0.2, 0.25) is 0 Å². The van der Waals surface area contributed by atoms with Crippen molar-refractivity contribution in [2.45, 2.75) is 25.5 Å². The molecule has 10 heteroatoms. The van der Waals surface area contributed by atoms with Crippen LogP contribution in [0, 0.1) is 0 Å². The van der Waals surface area contributed by atoms with E-state index in [9.17, 15) is 19.2 Å². The van der Waals surface area contributed by atoms with Gasteiger partial charge in [0.15, 0.2) is 12.7 Å². The summed E-state index contributed by atoms with van der Waals surface area (Å²) in [5.41, 5.74) is 4.85. The predicted molar refractivity (Wildman–Crippen MR) is 100 cm³/mol. The van der Waals surface area contributed by atoms with E-state index in [1.165, 1.54) is 18.7 Å². The molecule has 4 amide bonds. The van der Waals surface area contributed by atoms with Gasteiger partial charge in [-0.3, -0.25) is 14.9 Å². The number of hydrogen-bond donors (Lipinski definition) is 3. The van der Waals surface area contributed by atoms with Gasteiger partial charge in [-0.05, 0) is 37.5 Å². The minimum absolute atomic E-state index is 0.273. The molecule has 1 rings (SSSR count). The molecule has 0 aromatic heterocycles. The van der Waals surface area contributed by atoms with Crippen LogP contribution in [-0.4, -0.2) is 54.6 Å². The molecule has 0 heterocycles. The second-order valence-corrected chi connectivity index (χ2v) is 6.42. The van der Waals surface area contributed by atoms with Gasteiger partial charge < -0.3 is 20.5 Å². The first-order valence-corrected chi connectivity index (χ1v) is 9.49. The van der Waals surface area contributed by atoms with E-state index in [0.717, 1.165) is 0 Å². The zero-order chi connectivity index (χ0) is 20.2. The highest BCUT2D eigenvalue weighted by Gasteiger charge is 2.26. The normalized spacial score (nSPS) is 12.4. The third kappa shape index (κ3) is 8.95. The van der Waals surface area contributed by atoms with Crippen molar-refractivity contribution >= 4 is 35.6 Å². The van der Waals surface area contributed by atoms with Crippen LogP contribution in [0.25, 0.3) is 0 Å². The lowest BCUT2D eigenvalue weighted by atomic mass is 10.2. The van der Waals surface area contributed by atoms with Crippen LogP contribution >= 0.6 is 11.8 Å². The molecule has 0 saturated heterocycles. The summed E-state index contributed by atoms with van der Waals surface area (Å²) in [6.45, 7) is 1.02. The van der Waals surface area contributed by atoms with Crippen molar-refractivity contribution in [3.8, 4) is 5.75 Å². The van der Waals surface area contributed by atoms with E-state index in [-0.39, 0.29) is 6.61 Å². The molecule has 0 aliphatic heterocycles. The fraction of sp³-hybridized carbons (Fsp3) is 0.412. The number of benzene rings is 1. The number of nitrogens with one attached hydrogen (secondary N) is 2. The number of carbonyl (C=O) groups is 4. The van der Waals surface area contributed by atoms with Gasteiger partial charge in [0.05, 0.1) is 0 Å². The Balaban J connectivity index is 2.59. The van der Waals surface area contributed by atoms with Gasteiger partial charge in [0.25, 0.3) is 11.8 Å². The zero-order valence-corrected chi connectivity index (χ0v) is 15.9. The van der Waals surface area contributed by atoms with Crippen LogP contribution in [0.5, 0.6) is 5.75 Å².